The molecule has 1 N–H and O–H groups in total. The Morgan fingerprint density at radius 3 is 2.71 bits per heavy atom. The number of rotatable bonds is 0. The van der Waals surface area contributed by atoms with Crippen LogP contribution in [0.25, 0.3) is 0 Å². The van der Waals surface area contributed by atoms with Crippen LogP contribution in [0.4, 0.5) is 0 Å². The summed E-state index contributed by atoms with van der Waals surface area (Å²) in [5, 5.41) is 0. The van der Waals surface area contributed by atoms with E-state index in [0.29, 0.717) is 5.41 Å². The smallest absolute Gasteiger partial charge is 0.248 e. The van der Waals surface area contributed by atoms with E-state index in [1.54, 1.807) is 6.07 Å². The number of aromatic nitrogens is 1. The molecule has 14 heavy (non-hydrogen) atoms. The SMILES string of the molecule is CC1(C)CCc2ccc(=O)[nH]c2CC1. The standard InChI is InChI=1S/C12H17NO/c1-12(2)7-5-9-3-4-11(14)13-10(9)6-8-12/h3-4H,5-8H2,1-2H3,(H,13,14). The van der Waals surface area contributed by atoms with Crippen molar-refractivity contribution in [3.63, 3.8) is 0 Å². The first-order valence-corrected chi connectivity index (χ1v) is 5.28. The molecule has 0 unspecified atom stereocenters. The zero-order valence-electron chi connectivity index (χ0n) is 8.89. The van der Waals surface area contributed by atoms with Gasteiger partial charge in [0.15, 0.2) is 0 Å². The van der Waals surface area contributed by atoms with E-state index in [9.17, 15) is 4.79 Å². The highest BCUT2D eigenvalue weighted by Gasteiger charge is 2.22. The molecule has 76 valence electrons. The van der Waals surface area contributed by atoms with Crippen molar-refractivity contribution < 1.29 is 0 Å². The van der Waals surface area contributed by atoms with Crippen molar-refractivity contribution in [3.05, 3.63) is 33.7 Å². The van der Waals surface area contributed by atoms with E-state index in [1.807, 2.05) is 6.07 Å². The van der Waals surface area contributed by atoms with Crippen LogP contribution in [0.2, 0.25) is 0 Å². The second kappa shape index (κ2) is 3.26. The van der Waals surface area contributed by atoms with E-state index < -0.39 is 0 Å². The Kier molecular flexibility index (Phi) is 2.22. The summed E-state index contributed by atoms with van der Waals surface area (Å²) < 4.78 is 0. The van der Waals surface area contributed by atoms with Gasteiger partial charge in [0.25, 0.3) is 0 Å². The van der Waals surface area contributed by atoms with Gasteiger partial charge in [-0.3, -0.25) is 4.79 Å². The highest BCUT2D eigenvalue weighted by atomic mass is 16.1. The van der Waals surface area contributed by atoms with Crippen LogP contribution >= 0.6 is 0 Å². The summed E-state index contributed by atoms with van der Waals surface area (Å²) in [6, 6.07) is 3.62. The molecule has 1 aromatic rings. The molecule has 1 aliphatic rings. The zero-order valence-corrected chi connectivity index (χ0v) is 8.89. The summed E-state index contributed by atoms with van der Waals surface area (Å²) in [6.45, 7) is 4.61. The van der Waals surface area contributed by atoms with Crippen LogP contribution in [0.1, 0.15) is 37.9 Å². The lowest BCUT2D eigenvalue weighted by Crippen LogP contribution is -2.11. The summed E-state index contributed by atoms with van der Waals surface area (Å²) >= 11 is 0. The molecule has 2 heteroatoms. The first-order chi connectivity index (χ1) is 6.57. The van der Waals surface area contributed by atoms with Gasteiger partial charge in [-0.1, -0.05) is 19.9 Å². The van der Waals surface area contributed by atoms with Crippen molar-refractivity contribution in [1.29, 1.82) is 0 Å². The Balaban J connectivity index is 2.34. The largest absolute Gasteiger partial charge is 0.326 e. The predicted octanol–water partition coefficient (Wildman–Crippen LogP) is 2.28. The van der Waals surface area contributed by atoms with E-state index in [2.05, 4.69) is 18.8 Å². The molecule has 0 saturated carbocycles. The van der Waals surface area contributed by atoms with Crippen molar-refractivity contribution in [2.75, 3.05) is 0 Å². The minimum Gasteiger partial charge on any atom is -0.326 e. The predicted molar refractivity (Wildman–Crippen MR) is 57.5 cm³/mol. The van der Waals surface area contributed by atoms with Gasteiger partial charge in [-0.2, -0.15) is 0 Å². The lowest BCUT2D eigenvalue weighted by molar-refractivity contribution is 0.317. The summed E-state index contributed by atoms with van der Waals surface area (Å²) in [4.78, 5) is 14.1. The molecule has 1 aromatic heterocycles. The number of H-pyrrole nitrogens is 1. The molecule has 1 heterocycles. The van der Waals surface area contributed by atoms with E-state index >= 15 is 0 Å². The molecule has 1 aliphatic carbocycles. The first kappa shape index (κ1) is 9.50. The van der Waals surface area contributed by atoms with Gasteiger partial charge >= 0.3 is 0 Å². The molecular formula is C12H17NO. The maximum atomic E-state index is 11.2. The Hall–Kier alpha value is -1.05. The molecular weight excluding hydrogens is 174 g/mol. The van der Waals surface area contributed by atoms with Crippen LogP contribution in [0.5, 0.6) is 0 Å². The first-order valence-electron chi connectivity index (χ1n) is 5.28. The van der Waals surface area contributed by atoms with Crippen LogP contribution < -0.4 is 5.56 Å². The molecule has 0 atom stereocenters. The second-order valence-electron chi connectivity index (χ2n) is 4.99. The van der Waals surface area contributed by atoms with Gasteiger partial charge in [-0.25, -0.2) is 0 Å². The molecule has 2 nitrogen and oxygen atoms in total. The Bertz CT molecular complexity index is 390. The van der Waals surface area contributed by atoms with Gasteiger partial charge in [0, 0.05) is 11.8 Å². The molecule has 0 spiro atoms. The molecule has 0 aromatic carbocycles. The van der Waals surface area contributed by atoms with Gasteiger partial charge in [0.2, 0.25) is 5.56 Å². The van der Waals surface area contributed by atoms with Crippen LogP contribution in [0.3, 0.4) is 0 Å². The van der Waals surface area contributed by atoms with E-state index in [0.717, 1.165) is 18.5 Å². The highest BCUT2D eigenvalue weighted by molar-refractivity contribution is 5.21. The number of hydrogen-bond acceptors (Lipinski definition) is 1. The quantitative estimate of drug-likeness (QED) is 0.627. The average Bonchev–Trinajstić information content (AvgIpc) is 2.26. The lowest BCUT2D eigenvalue weighted by Gasteiger charge is -2.21. The molecule has 0 amide bonds. The van der Waals surface area contributed by atoms with Crippen LogP contribution in [0.15, 0.2) is 16.9 Å². The number of aromatic amines is 1. The summed E-state index contributed by atoms with van der Waals surface area (Å²) in [5.74, 6) is 0. The zero-order chi connectivity index (χ0) is 10.2. The van der Waals surface area contributed by atoms with Crippen LogP contribution in [-0.4, -0.2) is 4.98 Å². The lowest BCUT2D eigenvalue weighted by atomic mass is 9.85. The van der Waals surface area contributed by atoms with Crippen LogP contribution in [0, 0.1) is 5.41 Å². The molecule has 0 fully saturated rings. The van der Waals surface area contributed by atoms with Crippen LogP contribution in [-0.2, 0) is 12.8 Å². The minimum absolute atomic E-state index is 0.0310. The fourth-order valence-electron chi connectivity index (χ4n) is 2.07. The van der Waals surface area contributed by atoms with Crippen molar-refractivity contribution in [3.8, 4) is 0 Å². The molecule has 0 saturated heterocycles. The van der Waals surface area contributed by atoms with E-state index in [1.165, 1.54) is 18.4 Å². The van der Waals surface area contributed by atoms with Gasteiger partial charge in [-0.05, 0) is 36.7 Å². The third kappa shape index (κ3) is 1.89. The normalized spacial score (nSPS) is 19.9. The van der Waals surface area contributed by atoms with E-state index in [-0.39, 0.29) is 5.56 Å². The topological polar surface area (TPSA) is 32.9 Å². The second-order valence-corrected chi connectivity index (χ2v) is 4.99. The number of hydrogen-bond donors (Lipinski definition) is 1. The van der Waals surface area contributed by atoms with Crippen molar-refractivity contribution in [2.24, 2.45) is 5.41 Å². The molecule has 0 bridgehead atoms. The monoisotopic (exact) mass is 191 g/mol. The van der Waals surface area contributed by atoms with Gasteiger partial charge in [-0.15, -0.1) is 0 Å². The Labute approximate surface area is 84.4 Å². The fourth-order valence-corrected chi connectivity index (χ4v) is 2.07. The van der Waals surface area contributed by atoms with E-state index in [4.69, 9.17) is 0 Å². The van der Waals surface area contributed by atoms with Gasteiger partial charge in [0.1, 0.15) is 0 Å². The van der Waals surface area contributed by atoms with Gasteiger partial charge < -0.3 is 4.98 Å². The average molecular weight is 191 g/mol. The van der Waals surface area contributed by atoms with Crippen molar-refractivity contribution in [1.82, 2.24) is 4.98 Å². The third-order valence-electron chi connectivity index (χ3n) is 3.22. The fraction of sp³-hybridized carbons (Fsp3) is 0.583. The molecule has 0 radical (unpaired) electrons. The number of aryl methyl sites for hydroxylation is 2. The van der Waals surface area contributed by atoms with Crippen molar-refractivity contribution in [2.45, 2.75) is 39.5 Å². The number of nitrogens with one attached hydrogen (secondary N) is 1. The summed E-state index contributed by atoms with van der Waals surface area (Å²) in [5.41, 5.74) is 2.93. The van der Waals surface area contributed by atoms with Crippen molar-refractivity contribution >= 4 is 0 Å². The Morgan fingerprint density at radius 2 is 1.93 bits per heavy atom. The van der Waals surface area contributed by atoms with Gasteiger partial charge in [0.05, 0.1) is 0 Å². The number of pyridine rings is 1. The molecule has 0 aliphatic heterocycles. The minimum atomic E-state index is 0.0310. The molecule has 2 rings (SSSR count). The highest BCUT2D eigenvalue weighted by Crippen LogP contribution is 2.32. The third-order valence-corrected chi connectivity index (χ3v) is 3.22. The maximum absolute atomic E-state index is 11.2. The summed E-state index contributed by atoms with van der Waals surface area (Å²) in [6.07, 6.45) is 4.49. The number of fused-ring (bicyclic) bond motifs is 1. The maximum Gasteiger partial charge on any atom is 0.248 e. The Morgan fingerprint density at radius 1 is 1.21 bits per heavy atom. The summed E-state index contributed by atoms with van der Waals surface area (Å²) in [7, 11) is 0.